The minimum absolute atomic E-state index is 0.0308. The smallest absolute Gasteiger partial charge is 0.310 e. The summed E-state index contributed by atoms with van der Waals surface area (Å²) in [6, 6.07) is 6.80. The fourth-order valence-corrected chi connectivity index (χ4v) is 1.99. The van der Waals surface area contributed by atoms with E-state index in [0.29, 0.717) is 18.4 Å². The highest BCUT2D eigenvalue weighted by molar-refractivity contribution is 5.45. The van der Waals surface area contributed by atoms with Crippen LogP contribution < -0.4 is 10.1 Å². The average molecular weight is 236 g/mol. The fourth-order valence-electron chi connectivity index (χ4n) is 1.99. The third kappa shape index (κ3) is 3.17. The number of nitro groups is 1. The first-order valence-electron chi connectivity index (χ1n) is 5.87. The van der Waals surface area contributed by atoms with Crippen molar-refractivity contribution >= 4 is 5.69 Å². The second kappa shape index (κ2) is 5.63. The van der Waals surface area contributed by atoms with Crippen LogP contribution >= 0.6 is 0 Å². The minimum atomic E-state index is -0.413. The molecule has 1 aliphatic heterocycles. The van der Waals surface area contributed by atoms with Gasteiger partial charge in [0.05, 0.1) is 4.92 Å². The van der Waals surface area contributed by atoms with Gasteiger partial charge in [0.1, 0.15) is 6.61 Å². The van der Waals surface area contributed by atoms with E-state index in [0.717, 1.165) is 13.0 Å². The predicted molar refractivity (Wildman–Crippen MR) is 64.2 cm³/mol. The molecule has 1 N–H and O–H groups in total. The summed E-state index contributed by atoms with van der Waals surface area (Å²) in [5, 5.41) is 14.1. The zero-order valence-electron chi connectivity index (χ0n) is 9.59. The molecule has 1 heterocycles. The Hall–Kier alpha value is -1.62. The monoisotopic (exact) mass is 236 g/mol. The van der Waals surface area contributed by atoms with Gasteiger partial charge in [-0.1, -0.05) is 18.6 Å². The number of nitrogens with zero attached hydrogens (tertiary/aromatic N) is 1. The van der Waals surface area contributed by atoms with Crippen LogP contribution in [0.1, 0.15) is 19.3 Å². The van der Waals surface area contributed by atoms with Crippen LogP contribution in [0.25, 0.3) is 0 Å². The van der Waals surface area contributed by atoms with Crippen molar-refractivity contribution in [1.29, 1.82) is 0 Å². The van der Waals surface area contributed by atoms with Crippen LogP contribution in [0, 0.1) is 10.1 Å². The standard InChI is InChI=1S/C12H16N2O3/c15-14(16)11-6-1-2-7-12(11)17-9-10-5-3-4-8-13-10/h1-2,6-7,10,13H,3-5,8-9H2. The van der Waals surface area contributed by atoms with Crippen molar-refractivity contribution in [2.75, 3.05) is 13.2 Å². The summed E-state index contributed by atoms with van der Waals surface area (Å²) in [5.74, 6) is 0.352. The third-order valence-electron chi connectivity index (χ3n) is 2.91. The summed E-state index contributed by atoms with van der Waals surface area (Å²) in [6.45, 7) is 1.50. The summed E-state index contributed by atoms with van der Waals surface area (Å²) in [4.78, 5) is 10.4. The zero-order chi connectivity index (χ0) is 12.1. The normalized spacial score (nSPS) is 19.9. The summed E-state index contributed by atoms with van der Waals surface area (Å²) >= 11 is 0. The van der Waals surface area contributed by atoms with Crippen molar-refractivity contribution in [3.05, 3.63) is 34.4 Å². The van der Waals surface area contributed by atoms with Gasteiger partial charge in [-0.15, -0.1) is 0 Å². The molecule has 1 fully saturated rings. The Labute approximate surface area is 99.9 Å². The second-order valence-corrected chi connectivity index (χ2v) is 4.18. The van der Waals surface area contributed by atoms with Gasteiger partial charge >= 0.3 is 5.69 Å². The van der Waals surface area contributed by atoms with Gasteiger partial charge in [-0.25, -0.2) is 0 Å². The fraction of sp³-hybridized carbons (Fsp3) is 0.500. The lowest BCUT2D eigenvalue weighted by molar-refractivity contribution is -0.385. The maximum absolute atomic E-state index is 10.8. The lowest BCUT2D eigenvalue weighted by Gasteiger charge is -2.23. The van der Waals surface area contributed by atoms with Gasteiger partial charge < -0.3 is 10.1 Å². The molecule has 1 aromatic rings. The van der Waals surface area contributed by atoms with Crippen LogP contribution in [0.4, 0.5) is 5.69 Å². The summed E-state index contributed by atoms with van der Waals surface area (Å²) in [7, 11) is 0. The van der Waals surface area contributed by atoms with Crippen LogP contribution in [0.3, 0.4) is 0 Å². The predicted octanol–water partition coefficient (Wildman–Crippen LogP) is 2.12. The van der Waals surface area contributed by atoms with Crippen molar-refractivity contribution in [1.82, 2.24) is 5.32 Å². The van der Waals surface area contributed by atoms with Crippen LogP contribution in [0.5, 0.6) is 5.75 Å². The molecule has 92 valence electrons. The van der Waals surface area contributed by atoms with E-state index < -0.39 is 4.92 Å². The minimum Gasteiger partial charge on any atom is -0.485 e. The average Bonchev–Trinajstić information content (AvgIpc) is 2.38. The van der Waals surface area contributed by atoms with Crippen molar-refractivity contribution in [2.45, 2.75) is 25.3 Å². The third-order valence-corrected chi connectivity index (χ3v) is 2.91. The molecule has 0 aromatic heterocycles. The molecule has 1 saturated heterocycles. The number of hydrogen-bond donors (Lipinski definition) is 1. The molecule has 17 heavy (non-hydrogen) atoms. The van der Waals surface area contributed by atoms with Gasteiger partial charge in [0, 0.05) is 12.1 Å². The topological polar surface area (TPSA) is 64.4 Å². The lowest BCUT2D eigenvalue weighted by Crippen LogP contribution is -2.38. The number of nitrogens with one attached hydrogen (secondary N) is 1. The highest BCUT2D eigenvalue weighted by Gasteiger charge is 2.17. The van der Waals surface area contributed by atoms with Crippen LogP contribution in [0.15, 0.2) is 24.3 Å². The Kier molecular flexibility index (Phi) is 3.93. The molecule has 5 heteroatoms. The maximum Gasteiger partial charge on any atom is 0.310 e. The molecule has 0 amide bonds. The highest BCUT2D eigenvalue weighted by Crippen LogP contribution is 2.26. The molecule has 0 bridgehead atoms. The van der Waals surface area contributed by atoms with Crippen molar-refractivity contribution < 1.29 is 9.66 Å². The SMILES string of the molecule is O=[N+]([O-])c1ccccc1OCC1CCCCN1. The molecular weight excluding hydrogens is 220 g/mol. The first-order valence-corrected chi connectivity index (χ1v) is 5.87. The molecule has 1 unspecified atom stereocenters. The van der Waals surface area contributed by atoms with E-state index in [9.17, 15) is 10.1 Å². The summed E-state index contributed by atoms with van der Waals surface area (Å²) in [5.41, 5.74) is 0.0308. The summed E-state index contributed by atoms with van der Waals surface area (Å²) < 4.78 is 5.53. The Balaban J connectivity index is 1.96. The molecule has 1 aliphatic rings. The van der Waals surface area contributed by atoms with Gasteiger partial charge in [-0.2, -0.15) is 0 Å². The van der Waals surface area contributed by atoms with E-state index in [4.69, 9.17) is 4.74 Å². The quantitative estimate of drug-likeness (QED) is 0.642. The first-order chi connectivity index (χ1) is 8.27. The number of ether oxygens (including phenoxy) is 1. The molecule has 0 saturated carbocycles. The van der Waals surface area contributed by atoms with E-state index in [-0.39, 0.29) is 5.69 Å². The Morgan fingerprint density at radius 1 is 1.41 bits per heavy atom. The molecule has 0 aliphatic carbocycles. The van der Waals surface area contributed by atoms with Gasteiger partial charge in [0.2, 0.25) is 0 Å². The van der Waals surface area contributed by atoms with Crippen LogP contribution in [-0.4, -0.2) is 24.1 Å². The van der Waals surface area contributed by atoms with E-state index in [1.165, 1.54) is 18.9 Å². The molecule has 5 nitrogen and oxygen atoms in total. The molecule has 2 rings (SSSR count). The Morgan fingerprint density at radius 2 is 2.24 bits per heavy atom. The lowest BCUT2D eigenvalue weighted by atomic mass is 10.1. The van der Waals surface area contributed by atoms with Gasteiger partial charge in [-0.05, 0) is 25.5 Å². The molecule has 0 radical (unpaired) electrons. The van der Waals surface area contributed by atoms with Gasteiger partial charge in [0.25, 0.3) is 0 Å². The molecule has 1 aromatic carbocycles. The van der Waals surface area contributed by atoms with E-state index in [2.05, 4.69) is 5.32 Å². The summed E-state index contributed by atoms with van der Waals surface area (Å²) in [6.07, 6.45) is 3.46. The molecule has 0 spiro atoms. The number of benzene rings is 1. The van der Waals surface area contributed by atoms with E-state index in [1.807, 2.05) is 0 Å². The zero-order valence-corrected chi connectivity index (χ0v) is 9.59. The molecule has 1 atom stereocenters. The number of hydrogen-bond acceptors (Lipinski definition) is 4. The number of rotatable bonds is 4. The molecular formula is C12H16N2O3. The van der Waals surface area contributed by atoms with E-state index in [1.54, 1.807) is 18.2 Å². The number of nitro benzene ring substituents is 1. The Bertz CT molecular complexity index is 389. The van der Waals surface area contributed by atoms with E-state index >= 15 is 0 Å². The van der Waals surface area contributed by atoms with Gasteiger partial charge in [0.15, 0.2) is 5.75 Å². The second-order valence-electron chi connectivity index (χ2n) is 4.18. The maximum atomic E-state index is 10.8. The Morgan fingerprint density at radius 3 is 2.94 bits per heavy atom. The van der Waals surface area contributed by atoms with Crippen molar-refractivity contribution in [2.24, 2.45) is 0 Å². The van der Waals surface area contributed by atoms with Crippen molar-refractivity contribution in [3.63, 3.8) is 0 Å². The van der Waals surface area contributed by atoms with Gasteiger partial charge in [-0.3, -0.25) is 10.1 Å². The largest absolute Gasteiger partial charge is 0.485 e. The van der Waals surface area contributed by atoms with Crippen LogP contribution in [0.2, 0.25) is 0 Å². The van der Waals surface area contributed by atoms with Crippen LogP contribution in [-0.2, 0) is 0 Å². The number of piperidine rings is 1. The first kappa shape index (κ1) is 11.9. The highest BCUT2D eigenvalue weighted by atomic mass is 16.6. The number of para-hydroxylation sites is 2. The van der Waals surface area contributed by atoms with Crippen molar-refractivity contribution in [3.8, 4) is 5.75 Å².